The predicted molar refractivity (Wildman–Crippen MR) is 96.5 cm³/mol. The summed E-state index contributed by atoms with van der Waals surface area (Å²) < 4.78 is 14.1. The van der Waals surface area contributed by atoms with Crippen LogP contribution < -0.4 is 10.2 Å². The minimum absolute atomic E-state index is 0.236. The number of fused-ring (bicyclic) bond motifs is 1. The molecule has 0 amide bonds. The Kier molecular flexibility index (Phi) is 5.14. The Bertz CT molecular complexity index is 699. The second kappa shape index (κ2) is 7.31. The van der Waals surface area contributed by atoms with E-state index < -0.39 is 0 Å². The van der Waals surface area contributed by atoms with Gasteiger partial charge in [0.05, 0.1) is 5.69 Å². The van der Waals surface area contributed by atoms with Crippen LogP contribution in [-0.4, -0.2) is 17.6 Å². The van der Waals surface area contributed by atoms with Crippen LogP contribution in [0.1, 0.15) is 37.6 Å². The van der Waals surface area contributed by atoms with Crippen molar-refractivity contribution in [3.63, 3.8) is 0 Å². The summed E-state index contributed by atoms with van der Waals surface area (Å²) in [5.41, 5.74) is 3.24. The fraction of sp³-hybridized carbons (Fsp3) is 0.450. The Balaban J connectivity index is 1.74. The van der Waals surface area contributed by atoms with Crippen LogP contribution in [0.15, 0.2) is 36.4 Å². The minimum atomic E-state index is -0.236. The van der Waals surface area contributed by atoms with Crippen LogP contribution in [0.25, 0.3) is 0 Å². The fourth-order valence-electron chi connectivity index (χ4n) is 2.96. The van der Waals surface area contributed by atoms with Crippen LogP contribution >= 0.6 is 0 Å². The van der Waals surface area contributed by atoms with Crippen molar-refractivity contribution in [2.45, 2.75) is 46.3 Å². The first-order valence-corrected chi connectivity index (χ1v) is 8.75. The highest BCUT2D eigenvalue weighted by Crippen LogP contribution is 2.23. The summed E-state index contributed by atoms with van der Waals surface area (Å²) in [6, 6.07) is 12.2. The molecule has 4 heteroatoms. The predicted octanol–water partition coefficient (Wildman–Crippen LogP) is 3.92. The first kappa shape index (κ1) is 16.9. The number of benzene rings is 1. The number of hydrogen-bond acceptors (Lipinski definition) is 3. The highest BCUT2D eigenvalue weighted by atomic mass is 19.1. The molecule has 1 N–H and O–H groups in total. The number of anilines is 1. The van der Waals surface area contributed by atoms with Gasteiger partial charge in [-0.3, -0.25) is 0 Å². The molecule has 2 heterocycles. The van der Waals surface area contributed by atoms with Crippen molar-refractivity contribution in [3.8, 4) is 0 Å². The van der Waals surface area contributed by atoms with Gasteiger partial charge >= 0.3 is 0 Å². The highest BCUT2D eigenvalue weighted by Gasteiger charge is 2.18. The van der Waals surface area contributed by atoms with Crippen molar-refractivity contribution >= 4 is 5.82 Å². The lowest BCUT2D eigenvalue weighted by atomic mass is 10.00. The summed E-state index contributed by atoms with van der Waals surface area (Å²) in [5.74, 6) is 1.13. The molecule has 1 aromatic heterocycles. The van der Waals surface area contributed by atoms with Crippen LogP contribution in [0.4, 0.5) is 10.2 Å². The topological polar surface area (TPSA) is 28.2 Å². The molecule has 128 valence electrons. The molecule has 3 nitrogen and oxygen atoms in total. The van der Waals surface area contributed by atoms with Gasteiger partial charge in [-0.05, 0) is 42.5 Å². The molecule has 0 bridgehead atoms. The number of nitrogens with one attached hydrogen (secondary N) is 1. The largest absolute Gasteiger partial charge is 0.352 e. The summed E-state index contributed by atoms with van der Waals surface area (Å²) in [5, 5.41) is 3.36. The third kappa shape index (κ3) is 3.75. The van der Waals surface area contributed by atoms with E-state index >= 15 is 0 Å². The van der Waals surface area contributed by atoms with E-state index in [-0.39, 0.29) is 5.82 Å². The molecular formula is C20H26FN3. The Morgan fingerprint density at radius 2 is 1.88 bits per heavy atom. The summed E-state index contributed by atoms with van der Waals surface area (Å²) in [4.78, 5) is 6.82. The van der Waals surface area contributed by atoms with Gasteiger partial charge in [-0.15, -0.1) is 0 Å². The molecule has 2 aromatic rings. The van der Waals surface area contributed by atoms with E-state index in [2.05, 4.69) is 60.2 Å². The molecule has 0 fully saturated rings. The Morgan fingerprint density at radius 1 is 1.12 bits per heavy atom. The number of hydrogen-bond donors (Lipinski definition) is 1. The maximum absolute atomic E-state index is 14.1. The highest BCUT2D eigenvalue weighted by molar-refractivity contribution is 5.44. The lowest BCUT2D eigenvalue weighted by Gasteiger charge is -2.30. The molecule has 0 saturated carbocycles. The van der Waals surface area contributed by atoms with Gasteiger partial charge in [-0.25, -0.2) is 9.37 Å². The van der Waals surface area contributed by atoms with Gasteiger partial charge in [0.1, 0.15) is 11.6 Å². The van der Waals surface area contributed by atoms with Crippen LogP contribution in [0.5, 0.6) is 0 Å². The standard InChI is InChI=1S/C20H26FN3/c1-14(2)15(3)22-12-19-18(21)8-9-20(23-19)24-11-10-16-6-4-5-7-17(16)13-24/h4-9,14-15,22H,10-13H2,1-3H3/t15-/m1/s1. The van der Waals surface area contributed by atoms with Gasteiger partial charge in [0.25, 0.3) is 0 Å². The van der Waals surface area contributed by atoms with Gasteiger partial charge < -0.3 is 10.2 Å². The number of nitrogens with zero attached hydrogens (tertiary/aromatic N) is 2. The molecule has 1 aromatic carbocycles. The minimum Gasteiger partial charge on any atom is -0.352 e. The summed E-state index contributed by atoms with van der Waals surface area (Å²) >= 11 is 0. The molecule has 0 radical (unpaired) electrons. The van der Waals surface area contributed by atoms with Crippen LogP contribution in [-0.2, 0) is 19.5 Å². The molecular weight excluding hydrogens is 301 g/mol. The van der Waals surface area contributed by atoms with E-state index in [4.69, 9.17) is 0 Å². The van der Waals surface area contributed by atoms with E-state index in [0.717, 1.165) is 25.3 Å². The van der Waals surface area contributed by atoms with Gasteiger partial charge in [0.15, 0.2) is 0 Å². The van der Waals surface area contributed by atoms with Crippen molar-refractivity contribution in [3.05, 3.63) is 59.0 Å². The molecule has 3 rings (SSSR count). The Labute approximate surface area is 143 Å². The lowest BCUT2D eigenvalue weighted by molar-refractivity contribution is 0.418. The molecule has 1 atom stereocenters. The quantitative estimate of drug-likeness (QED) is 0.902. The number of pyridine rings is 1. The Hall–Kier alpha value is -1.94. The van der Waals surface area contributed by atoms with Gasteiger partial charge in [0.2, 0.25) is 0 Å². The smallest absolute Gasteiger partial charge is 0.146 e. The van der Waals surface area contributed by atoms with E-state index in [0.29, 0.717) is 24.2 Å². The van der Waals surface area contributed by atoms with Crippen LogP contribution in [0, 0.1) is 11.7 Å². The first-order chi connectivity index (χ1) is 11.5. The lowest BCUT2D eigenvalue weighted by Crippen LogP contribution is -2.33. The molecule has 0 saturated heterocycles. The zero-order valence-corrected chi connectivity index (χ0v) is 14.7. The van der Waals surface area contributed by atoms with Crippen molar-refractivity contribution in [2.75, 3.05) is 11.4 Å². The number of aromatic nitrogens is 1. The van der Waals surface area contributed by atoms with Crippen LogP contribution in [0.3, 0.4) is 0 Å². The molecule has 24 heavy (non-hydrogen) atoms. The maximum atomic E-state index is 14.1. The number of rotatable bonds is 5. The van der Waals surface area contributed by atoms with Gasteiger partial charge in [-0.2, -0.15) is 0 Å². The van der Waals surface area contributed by atoms with E-state index in [9.17, 15) is 4.39 Å². The molecule has 0 aliphatic carbocycles. The summed E-state index contributed by atoms with van der Waals surface area (Å²) in [7, 11) is 0. The van der Waals surface area contributed by atoms with Crippen molar-refractivity contribution < 1.29 is 4.39 Å². The SMILES string of the molecule is CC(C)[C@@H](C)NCc1nc(N2CCc3ccccc3C2)ccc1F. The summed E-state index contributed by atoms with van der Waals surface area (Å²) in [6.45, 7) is 8.65. The van der Waals surface area contributed by atoms with Crippen molar-refractivity contribution in [2.24, 2.45) is 5.92 Å². The van der Waals surface area contributed by atoms with E-state index in [1.807, 2.05) is 0 Å². The maximum Gasteiger partial charge on any atom is 0.146 e. The van der Waals surface area contributed by atoms with Crippen molar-refractivity contribution in [1.82, 2.24) is 10.3 Å². The van der Waals surface area contributed by atoms with E-state index in [1.54, 1.807) is 12.1 Å². The second-order valence-corrected chi connectivity index (χ2v) is 6.95. The molecule has 0 spiro atoms. The molecule has 1 aliphatic heterocycles. The molecule has 1 aliphatic rings. The van der Waals surface area contributed by atoms with Crippen molar-refractivity contribution in [1.29, 1.82) is 0 Å². The average Bonchev–Trinajstić information content (AvgIpc) is 2.60. The third-order valence-electron chi connectivity index (χ3n) is 4.95. The Morgan fingerprint density at radius 3 is 2.62 bits per heavy atom. The average molecular weight is 327 g/mol. The van der Waals surface area contributed by atoms with Crippen LogP contribution in [0.2, 0.25) is 0 Å². The monoisotopic (exact) mass is 327 g/mol. The van der Waals surface area contributed by atoms with Gasteiger partial charge in [-0.1, -0.05) is 38.1 Å². The first-order valence-electron chi connectivity index (χ1n) is 8.75. The third-order valence-corrected chi connectivity index (χ3v) is 4.95. The number of halogens is 1. The normalized spacial score (nSPS) is 15.5. The van der Waals surface area contributed by atoms with E-state index in [1.165, 1.54) is 11.1 Å². The molecule has 0 unspecified atom stereocenters. The van der Waals surface area contributed by atoms with Gasteiger partial charge in [0, 0.05) is 25.7 Å². The fourth-order valence-corrected chi connectivity index (χ4v) is 2.96. The summed E-state index contributed by atoms with van der Waals surface area (Å²) in [6.07, 6.45) is 1.01. The zero-order chi connectivity index (χ0) is 17.1. The zero-order valence-electron chi connectivity index (χ0n) is 14.7. The second-order valence-electron chi connectivity index (χ2n) is 6.95.